The first-order valence-electron chi connectivity index (χ1n) is 9.41. The highest BCUT2D eigenvalue weighted by molar-refractivity contribution is 5.87. The molecule has 6 nitrogen and oxygen atoms in total. The highest BCUT2D eigenvalue weighted by atomic mass is 16.5. The minimum absolute atomic E-state index is 0.0886. The van der Waals surface area contributed by atoms with E-state index in [2.05, 4.69) is 42.2 Å². The zero-order valence-corrected chi connectivity index (χ0v) is 16.4. The third kappa shape index (κ3) is 3.32. The Balaban J connectivity index is 1.95. The molecule has 2 aromatic heterocycles. The Labute approximate surface area is 164 Å². The van der Waals surface area contributed by atoms with E-state index in [1.54, 1.807) is 7.11 Å². The van der Waals surface area contributed by atoms with Crippen LogP contribution < -0.4 is 10.5 Å². The molecule has 0 bridgehead atoms. The lowest BCUT2D eigenvalue weighted by molar-refractivity contribution is 0.283. The van der Waals surface area contributed by atoms with Crippen molar-refractivity contribution in [3.8, 4) is 17.3 Å². The summed E-state index contributed by atoms with van der Waals surface area (Å²) in [4.78, 5) is 15.4. The van der Waals surface area contributed by atoms with Crippen LogP contribution in [0.3, 0.4) is 0 Å². The summed E-state index contributed by atoms with van der Waals surface area (Å²) in [5, 5.41) is 2.13. The van der Waals surface area contributed by atoms with Gasteiger partial charge in [-0.2, -0.15) is 0 Å². The van der Waals surface area contributed by atoms with Gasteiger partial charge in [-0.15, -0.1) is 0 Å². The molecule has 1 unspecified atom stereocenters. The number of ether oxygens (including phenoxy) is 1. The molecule has 0 aliphatic rings. The molecule has 28 heavy (non-hydrogen) atoms. The Bertz CT molecular complexity index is 1090. The first-order valence-corrected chi connectivity index (χ1v) is 9.41. The Morgan fingerprint density at radius 3 is 2.64 bits per heavy atom. The fourth-order valence-electron chi connectivity index (χ4n) is 3.62. The number of nitrogens with two attached hydrogens (primary N) is 1. The fourth-order valence-corrected chi connectivity index (χ4v) is 3.62. The van der Waals surface area contributed by atoms with E-state index in [0.717, 1.165) is 45.4 Å². The molecule has 2 heterocycles. The molecule has 6 heteroatoms. The molecule has 4 aromatic rings. The van der Waals surface area contributed by atoms with Crippen LogP contribution in [0.15, 0.2) is 48.5 Å². The zero-order chi connectivity index (χ0) is 19.7. The molecule has 144 valence electrons. The first-order chi connectivity index (χ1) is 13.6. The molecule has 2 aromatic carbocycles. The molecular weight excluding hydrogens is 350 g/mol. The van der Waals surface area contributed by atoms with Crippen molar-refractivity contribution in [1.29, 1.82) is 0 Å². The fraction of sp³-hybridized carbons (Fsp3) is 0.273. The van der Waals surface area contributed by atoms with E-state index < -0.39 is 0 Å². The normalized spacial score (nSPS) is 12.8. The van der Waals surface area contributed by atoms with Crippen LogP contribution in [0.2, 0.25) is 0 Å². The lowest BCUT2D eigenvalue weighted by atomic mass is 10.0. The Morgan fingerprint density at radius 2 is 1.93 bits per heavy atom. The summed E-state index contributed by atoms with van der Waals surface area (Å²) >= 11 is 0. The number of methoxy groups -OCH3 is 1. The first kappa shape index (κ1) is 18.4. The topological polar surface area (TPSA) is 80.1 Å². The van der Waals surface area contributed by atoms with Gasteiger partial charge >= 0.3 is 0 Å². The summed E-state index contributed by atoms with van der Waals surface area (Å²) in [5.41, 5.74) is 9.74. The molecule has 0 saturated heterocycles. The Hall–Kier alpha value is -2.96. The SMILES string of the molecule is COc1ccc2nc(-c3cc4ccccc4[nH]3)nc(C(CCN)N(C)C)c2c1. The van der Waals surface area contributed by atoms with Crippen molar-refractivity contribution in [2.45, 2.75) is 12.5 Å². The van der Waals surface area contributed by atoms with Gasteiger partial charge in [-0.3, -0.25) is 0 Å². The second-order valence-corrected chi connectivity index (χ2v) is 7.14. The Kier molecular flexibility index (Phi) is 4.98. The average Bonchev–Trinajstić information content (AvgIpc) is 3.15. The molecule has 0 fully saturated rings. The summed E-state index contributed by atoms with van der Waals surface area (Å²) in [6.07, 6.45) is 0.808. The van der Waals surface area contributed by atoms with Crippen LogP contribution in [0.1, 0.15) is 18.2 Å². The van der Waals surface area contributed by atoms with Crippen molar-refractivity contribution in [2.24, 2.45) is 5.73 Å². The highest BCUT2D eigenvalue weighted by Crippen LogP contribution is 2.32. The number of rotatable bonds is 6. The van der Waals surface area contributed by atoms with Gasteiger partial charge in [-0.1, -0.05) is 18.2 Å². The Morgan fingerprint density at radius 1 is 1.11 bits per heavy atom. The van der Waals surface area contributed by atoms with Gasteiger partial charge in [0.2, 0.25) is 0 Å². The number of hydrogen-bond donors (Lipinski definition) is 2. The van der Waals surface area contributed by atoms with Crippen LogP contribution in [0.25, 0.3) is 33.3 Å². The highest BCUT2D eigenvalue weighted by Gasteiger charge is 2.21. The smallest absolute Gasteiger partial charge is 0.176 e. The van der Waals surface area contributed by atoms with Crippen LogP contribution in [-0.4, -0.2) is 47.6 Å². The second-order valence-electron chi connectivity index (χ2n) is 7.14. The zero-order valence-electron chi connectivity index (χ0n) is 16.4. The molecule has 0 radical (unpaired) electrons. The van der Waals surface area contributed by atoms with Crippen LogP contribution in [0.4, 0.5) is 0 Å². The molecular formula is C22H25N5O. The maximum absolute atomic E-state index is 5.90. The lowest BCUT2D eigenvalue weighted by Crippen LogP contribution is -2.24. The average molecular weight is 375 g/mol. The van der Waals surface area contributed by atoms with E-state index in [1.807, 2.05) is 30.3 Å². The van der Waals surface area contributed by atoms with E-state index in [4.69, 9.17) is 20.4 Å². The third-order valence-corrected chi connectivity index (χ3v) is 5.08. The quantitative estimate of drug-likeness (QED) is 0.537. The van der Waals surface area contributed by atoms with Gasteiger partial charge in [0, 0.05) is 16.3 Å². The summed E-state index contributed by atoms with van der Waals surface area (Å²) in [7, 11) is 5.78. The maximum Gasteiger partial charge on any atom is 0.176 e. The van der Waals surface area contributed by atoms with Crippen molar-refractivity contribution in [1.82, 2.24) is 19.9 Å². The van der Waals surface area contributed by atoms with Crippen LogP contribution >= 0.6 is 0 Å². The minimum Gasteiger partial charge on any atom is -0.497 e. The molecule has 0 amide bonds. The summed E-state index contributed by atoms with van der Waals surface area (Å²) in [5.74, 6) is 1.48. The van der Waals surface area contributed by atoms with E-state index >= 15 is 0 Å². The number of fused-ring (bicyclic) bond motifs is 2. The van der Waals surface area contributed by atoms with Gasteiger partial charge in [-0.25, -0.2) is 9.97 Å². The largest absolute Gasteiger partial charge is 0.497 e. The van der Waals surface area contributed by atoms with Gasteiger partial charge < -0.3 is 20.4 Å². The van der Waals surface area contributed by atoms with E-state index in [1.165, 1.54) is 0 Å². The second kappa shape index (κ2) is 7.58. The number of nitrogens with one attached hydrogen (secondary N) is 1. The van der Waals surface area contributed by atoms with Gasteiger partial charge in [0.25, 0.3) is 0 Å². The molecule has 3 N–H and O–H groups in total. The third-order valence-electron chi connectivity index (χ3n) is 5.08. The lowest BCUT2D eigenvalue weighted by Gasteiger charge is -2.25. The molecule has 0 spiro atoms. The van der Waals surface area contributed by atoms with Crippen molar-refractivity contribution >= 4 is 21.8 Å². The number of nitrogens with zero attached hydrogens (tertiary/aromatic N) is 3. The number of aromatic nitrogens is 3. The predicted octanol–water partition coefficient (Wildman–Crippen LogP) is 3.74. The van der Waals surface area contributed by atoms with Gasteiger partial charge in [-0.05, 0) is 57.4 Å². The van der Waals surface area contributed by atoms with Crippen LogP contribution in [0, 0.1) is 0 Å². The van der Waals surface area contributed by atoms with Crippen molar-refractivity contribution in [3.05, 3.63) is 54.2 Å². The van der Waals surface area contributed by atoms with Crippen molar-refractivity contribution in [3.63, 3.8) is 0 Å². The van der Waals surface area contributed by atoms with Gasteiger partial charge in [0.05, 0.1) is 30.1 Å². The summed E-state index contributed by atoms with van der Waals surface area (Å²) in [6.45, 7) is 0.583. The van der Waals surface area contributed by atoms with Gasteiger partial charge in [0.1, 0.15) is 5.75 Å². The molecule has 4 rings (SSSR count). The molecule has 0 aliphatic carbocycles. The maximum atomic E-state index is 5.90. The number of benzene rings is 2. The minimum atomic E-state index is 0.0886. The van der Waals surface area contributed by atoms with E-state index in [0.29, 0.717) is 12.4 Å². The van der Waals surface area contributed by atoms with E-state index in [-0.39, 0.29) is 6.04 Å². The molecule has 0 aliphatic heterocycles. The summed E-state index contributed by atoms with van der Waals surface area (Å²) < 4.78 is 5.43. The number of para-hydroxylation sites is 1. The standard InChI is InChI=1S/C22H25N5O/c1-27(2)20(10-11-23)21-16-13-15(28-3)8-9-18(16)25-22(26-21)19-12-14-6-4-5-7-17(14)24-19/h4-9,12-13,20,24H,10-11,23H2,1-3H3. The van der Waals surface area contributed by atoms with Crippen molar-refractivity contribution < 1.29 is 4.74 Å². The molecule has 0 saturated carbocycles. The van der Waals surface area contributed by atoms with Crippen molar-refractivity contribution in [2.75, 3.05) is 27.7 Å². The number of aromatic amines is 1. The number of hydrogen-bond acceptors (Lipinski definition) is 5. The number of H-pyrrole nitrogens is 1. The van der Waals surface area contributed by atoms with E-state index in [9.17, 15) is 0 Å². The van der Waals surface area contributed by atoms with Crippen LogP contribution in [0.5, 0.6) is 5.75 Å². The molecule has 1 atom stereocenters. The van der Waals surface area contributed by atoms with Crippen LogP contribution in [-0.2, 0) is 0 Å². The monoisotopic (exact) mass is 375 g/mol. The summed E-state index contributed by atoms with van der Waals surface area (Å²) in [6, 6.07) is 16.3. The predicted molar refractivity (Wildman–Crippen MR) is 113 cm³/mol. The van der Waals surface area contributed by atoms with Gasteiger partial charge in [0.15, 0.2) is 5.82 Å².